The van der Waals surface area contributed by atoms with Crippen LogP contribution in [-0.4, -0.2) is 24.2 Å². The number of carboxylic acids is 1. The van der Waals surface area contributed by atoms with E-state index < -0.39 is 5.97 Å². The quantitative estimate of drug-likeness (QED) is 0.641. The summed E-state index contributed by atoms with van der Waals surface area (Å²) in [7, 11) is 1.46. The molecule has 0 spiro atoms. The molecule has 0 amide bonds. The molecular formula is C17H24O4. The van der Waals surface area contributed by atoms with Crippen molar-refractivity contribution in [2.24, 2.45) is 29.6 Å². The average molecular weight is 292 g/mol. The van der Waals surface area contributed by atoms with Crippen LogP contribution < -0.4 is 0 Å². The monoisotopic (exact) mass is 292 g/mol. The molecule has 0 radical (unpaired) electrons. The Bertz CT molecular complexity index is 424. The highest BCUT2D eigenvalue weighted by Gasteiger charge is 2.49. The molecule has 21 heavy (non-hydrogen) atoms. The van der Waals surface area contributed by atoms with Gasteiger partial charge in [0.15, 0.2) is 0 Å². The lowest BCUT2D eigenvalue weighted by molar-refractivity contribution is -0.138. The third-order valence-electron chi connectivity index (χ3n) is 5.25. The Kier molecular flexibility index (Phi) is 4.86. The largest absolute Gasteiger partial charge is 0.478 e. The Morgan fingerprint density at radius 3 is 1.86 bits per heavy atom. The van der Waals surface area contributed by atoms with Gasteiger partial charge in [-0.3, -0.25) is 0 Å². The van der Waals surface area contributed by atoms with Crippen molar-refractivity contribution in [2.75, 3.05) is 7.11 Å². The Morgan fingerprint density at radius 1 is 1.10 bits per heavy atom. The second-order valence-corrected chi connectivity index (χ2v) is 6.52. The van der Waals surface area contributed by atoms with E-state index in [0.29, 0.717) is 5.92 Å². The van der Waals surface area contributed by atoms with Gasteiger partial charge in [0.2, 0.25) is 0 Å². The van der Waals surface area contributed by atoms with Gasteiger partial charge in [-0.15, -0.1) is 0 Å². The predicted octanol–water partition coefficient (Wildman–Crippen LogP) is 3.04. The summed E-state index contributed by atoms with van der Waals surface area (Å²) in [6.45, 7) is 6.96. The summed E-state index contributed by atoms with van der Waals surface area (Å²) in [5, 5.41) is 7.60. The van der Waals surface area contributed by atoms with Crippen LogP contribution >= 0.6 is 0 Å². The molecule has 0 heterocycles. The van der Waals surface area contributed by atoms with Gasteiger partial charge in [0, 0.05) is 11.6 Å². The van der Waals surface area contributed by atoms with Crippen molar-refractivity contribution < 1.29 is 19.4 Å². The summed E-state index contributed by atoms with van der Waals surface area (Å²) in [5.74, 6) is 2.61. The molecule has 4 nitrogen and oxygen atoms in total. The number of hydrogen-bond acceptors (Lipinski definition) is 3. The molecule has 0 unspecified atom stereocenters. The second kappa shape index (κ2) is 6.46. The number of hydrogen-bond donors (Lipinski definition) is 1. The molecule has 0 aromatic rings. The van der Waals surface area contributed by atoms with Gasteiger partial charge in [0.05, 0.1) is 7.11 Å². The molecule has 0 aliphatic heterocycles. The maximum atomic E-state index is 11.6. The van der Waals surface area contributed by atoms with E-state index in [4.69, 9.17) is 9.84 Å². The first kappa shape index (κ1) is 15.8. The molecule has 0 atom stereocenters. The average Bonchev–Trinajstić information content (AvgIpc) is 2.45. The maximum Gasteiger partial charge on any atom is 0.333 e. The van der Waals surface area contributed by atoms with Crippen molar-refractivity contribution in [2.45, 2.75) is 32.1 Å². The minimum absolute atomic E-state index is 0.183. The Morgan fingerprint density at radius 2 is 1.52 bits per heavy atom. The van der Waals surface area contributed by atoms with Gasteiger partial charge in [0.25, 0.3) is 0 Å². The second-order valence-electron chi connectivity index (χ2n) is 6.52. The van der Waals surface area contributed by atoms with E-state index >= 15 is 0 Å². The van der Waals surface area contributed by atoms with Crippen LogP contribution in [0.4, 0.5) is 0 Å². The van der Waals surface area contributed by atoms with E-state index in [9.17, 15) is 9.59 Å². The van der Waals surface area contributed by atoms with Crippen LogP contribution in [0.2, 0.25) is 0 Å². The van der Waals surface area contributed by atoms with Crippen LogP contribution in [-0.2, 0) is 14.3 Å². The van der Waals surface area contributed by atoms with Crippen LogP contribution in [0.25, 0.3) is 0 Å². The van der Waals surface area contributed by atoms with Crippen LogP contribution in [0.3, 0.4) is 0 Å². The highest BCUT2D eigenvalue weighted by molar-refractivity contribution is 5.88. The summed E-state index contributed by atoms with van der Waals surface area (Å²) >= 11 is 0. The SMILES string of the molecule is C=C(C(=O)OC)C1C2CC3CC(C2)CC1C3.C=CC(=O)O. The van der Waals surface area contributed by atoms with Gasteiger partial charge >= 0.3 is 11.9 Å². The summed E-state index contributed by atoms with van der Waals surface area (Å²) in [5.41, 5.74) is 0.747. The normalized spacial score (nSPS) is 35.4. The van der Waals surface area contributed by atoms with Crippen molar-refractivity contribution >= 4 is 11.9 Å². The van der Waals surface area contributed by atoms with E-state index in [1.54, 1.807) is 0 Å². The standard InChI is InChI=1S/C14H20O2.C3H4O2/c1-8(14(15)16-2)13-11-4-9-3-10(6-11)7-12(13)5-9;1-2-3(4)5/h9-13H,1,3-7H2,2H3;2H,1H2,(H,4,5). The van der Waals surface area contributed by atoms with E-state index in [0.717, 1.165) is 35.3 Å². The zero-order valence-electron chi connectivity index (χ0n) is 12.6. The van der Waals surface area contributed by atoms with Crippen LogP contribution in [0, 0.1) is 29.6 Å². The van der Waals surface area contributed by atoms with Crippen LogP contribution in [0.15, 0.2) is 24.8 Å². The van der Waals surface area contributed by atoms with Gasteiger partial charge in [0.1, 0.15) is 0 Å². The number of rotatable bonds is 3. The van der Waals surface area contributed by atoms with Gasteiger partial charge in [-0.25, -0.2) is 9.59 Å². The van der Waals surface area contributed by atoms with E-state index in [1.165, 1.54) is 39.2 Å². The van der Waals surface area contributed by atoms with Gasteiger partial charge in [-0.1, -0.05) is 13.2 Å². The summed E-state index contributed by atoms with van der Waals surface area (Å²) in [6, 6.07) is 0. The summed E-state index contributed by atoms with van der Waals surface area (Å²) in [4.78, 5) is 20.9. The minimum atomic E-state index is -0.981. The fourth-order valence-corrected chi connectivity index (χ4v) is 4.76. The first-order valence-electron chi connectivity index (χ1n) is 7.58. The lowest BCUT2D eigenvalue weighted by atomic mass is 9.50. The van der Waals surface area contributed by atoms with Crippen molar-refractivity contribution in [1.82, 2.24) is 0 Å². The molecule has 0 aromatic heterocycles. The molecule has 0 saturated heterocycles. The fraction of sp³-hybridized carbons (Fsp3) is 0.647. The Hall–Kier alpha value is -1.58. The molecule has 116 valence electrons. The minimum Gasteiger partial charge on any atom is -0.478 e. The Balaban J connectivity index is 0.000000282. The number of methoxy groups -OCH3 is 1. The smallest absolute Gasteiger partial charge is 0.333 e. The molecule has 4 aliphatic rings. The molecule has 4 saturated carbocycles. The molecule has 0 aromatic carbocycles. The van der Waals surface area contributed by atoms with Crippen molar-refractivity contribution in [1.29, 1.82) is 0 Å². The zero-order chi connectivity index (χ0) is 15.6. The highest BCUT2D eigenvalue weighted by Crippen LogP contribution is 2.58. The molecule has 4 aliphatic carbocycles. The van der Waals surface area contributed by atoms with Gasteiger partial charge in [-0.05, 0) is 61.7 Å². The van der Waals surface area contributed by atoms with E-state index in [1.807, 2.05) is 0 Å². The highest BCUT2D eigenvalue weighted by atomic mass is 16.5. The first-order valence-corrected chi connectivity index (χ1v) is 7.58. The molecule has 4 fully saturated rings. The molecule has 1 N–H and O–H groups in total. The summed E-state index contributed by atoms with van der Waals surface area (Å²) < 4.78 is 4.83. The maximum absolute atomic E-state index is 11.6. The number of carbonyl (C=O) groups excluding carboxylic acids is 1. The van der Waals surface area contributed by atoms with Gasteiger partial charge in [-0.2, -0.15) is 0 Å². The predicted molar refractivity (Wildman–Crippen MR) is 79.5 cm³/mol. The topological polar surface area (TPSA) is 63.6 Å². The van der Waals surface area contributed by atoms with Crippen molar-refractivity contribution in [3.63, 3.8) is 0 Å². The molecule has 4 heteroatoms. The van der Waals surface area contributed by atoms with Crippen LogP contribution in [0.5, 0.6) is 0 Å². The van der Waals surface area contributed by atoms with E-state index in [2.05, 4.69) is 13.2 Å². The lowest BCUT2D eigenvalue weighted by Gasteiger charge is -2.54. The van der Waals surface area contributed by atoms with E-state index in [-0.39, 0.29) is 5.97 Å². The fourth-order valence-electron chi connectivity index (χ4n) is 4.76. The molecular weight excluding hydrogens is 268 g/mol. The number of aliphatic carboxylic acids is 1. The summed E-state index contributed by atoms with van der Waals surface area (Å²) in [6.07, 6.45) is 7.59. The third kappa shape index (κ3) is 3.36. The zero-order valence-corrected chi connectivity index (χ0v) is 12.6. The van der Waals surface area contributed by atoms with Crippen molar-refractivity contribution in [3.8, 4) is 0 Å². The van der Waals surface area contributed by atoms with Crippen molar-refractivity contribution in [3.05, 3.63) is 24.8 Å². The lowest BCUT2D eigenvalue weighted by Crippen LogP contribution is -2.46. The molecule has 4 bridgehead atoms. The number of esters is 1. The Labute approximate surface area is 125 Å². The number of carbonyl (C=O) groups is 2. The van der Waals surface area contributed by atoms with Crippen LogP contribution in [0.1, 0.15) is 32.1 Å². The number of ether oxygens (including phenoxy) is 1. The van der Waals surface area contributed by atoms with Gasteiger partial charge < -0.3 is 9.84 Å². The number of carboxylic acid groups (broad SMARTS) is 1. The first-order chi connectivity index (χ1) is 9.96. The third-order valence-corrected chi connectivity index (χ3v) is 5.25. The molecule has 4 rings (SSSR count).